The number of phenolic OH excluding ortho intramolecular Hbond substituents is 1. The number of aromatic hydroxyl groups is 1. The van der Waals surface area contributed by atoms with Crippen molar-refractivity contribution in [2.24, 2.45) is 11.8 Å². The van der Waals surface area contributed by atoms with Crippen LogP contribution >= 0.6 is 11.8 Å². The Hall–Kier alpha value is -1.83. The number of thioether (sulfide) groups is 1. The van der Waals surface area contributed by atoms with Gasteiger partial charge in [0.1, 0.15) is 11.5 Å². The number of rotatable bonds is 11. The van der Waals surface area contributed by atoms with E-state index >= 15 is 0 Å². The average molecular weight is 423 g/mol. The lowest BCUT2D eigenvalue weighted by molar-refractivity contribution is -0.137. The molecule has 0 heterocycles. The maximum Gasteiger partial charge on any atom is 0.303 e. The van der Waals surface area contributed by atoms with E-state index in [-0.39, 0.29) is 36.2 Å². The summed E-state index contributed by atoms with van der Waals surface area (Å²) in [5, 5.41) is 38.8. The molecule has 1 saturated carbocycles. The van der Waals surface area contributed by atoms with Crippen molar-refractivity contribution in [3.8, 4) is 5.75 Å². The van der Waals surface area contributed by atoms with E-state index in [1.54, 1.807) is 43.0 Å². The molecular weight excluding hydrogens is 392 g/mol. The third-order valence-corrected chi connectivity index (χ3v) is 6.35. The van der Waals surface area contributed by atoms with Gasteiger partial charge in [0.05, 0.1) is 12.2 Å². The van der Waals surface area contributed by atoms with Gasteiger partial charge < -0.3 is 20.4 Å². The van der Waals surface area contributed by atoms with Crippen molar-refractivity contribution in [3.63, 3.8) is 0 Å². The molecule has 0 amide bonds. The first-order chi connectivity index (χ1) is 13.8. The van der Waals surface area contributed by atoms with E-state index < -0.39 is 18.2 Å². The molecule has 1 aromatic carbocycles. The lowest BCUT2D eigenvalue weighted by Crippen LogP contribution is -2.20. The molecule has 0 aliphatic heterocycles. The quantitative estimate of drug-likeness (QED) is 0.320. The predicted octanol–water partition coefficient (Wildman–Crippen LogP) is 2.71. The van der Waals surface area contributed by atoms with Crippen molar-refractivity contribution >= 4 is 23.5 Å². The fraction of sp³-hybridized carbons (Fsp3) is 0.545. The number of ketones is 1. The number of aliphatic hydroxyl groups is 2. The number of carbonyl (C=O) groups is 2. The Morgan fingerprint density at radius 2 is 2.10 bits per heavy atom. The van der Waals surface area contributed by atoms with Crippen LogP contribution in [0.25, 0.3) is 0 Å². The van der Waals surface area contributed by atoms with Gasteiger partial charge in [0.15, 0.2) is 0 Å². The second kappa shape index (κ2) is 11.4. The van der Waals surface area contributed by atoms with Crippen molar-refractivity contribution in [1.29, 1.82) is 0 Å². The second-order valence-corrected chi connectivity index (χ2v) is 8.82. The first-order valence-electron chi connectivity index (χ1n) is 9.93. The van der Waals surface area contributed by atoms with E-state index in [0.717, 1.165) is 22.6 Å². The van der Waals surface area contributed by atoms with Gasteiger partial charge in [-0.25, -0.2) is 0 Å². The zero-order valence-electron chi connectivity index (χ0n) is 16.7. The maximum atomic E-state index is 12.2. The molecule has 6 nitrogen and oxygen atoms in total. The summed E-state index contributed by atoms with van der Waals surface area (Å²) < 4.78 is 0. The molecule has 2 rings (SSSR count). The second-order valence-electron chi connectivity index (χ2n) is 7.60. The number of aryl methyl sites for hydroxylation is 1. The normalized spacial score (nSPS) is 23.0. The van der Waals surface area contributed by atoms with E-state index in [9.17, 15) is 24.9 Å². The van der Waals surface area contributed by atoms with Gasteiger partial charge in [0.2, 0.25) is 0 Å². The summed E-state index contributed by atoms with van der Waals surface area (Å²) >= 11 is 1.62. The van der Waals surface area contributed by atoms with Crippen LogP contribution in [0.1, 0.15) is 36.8 Å². The van der Waals surface area contributed by atoms with Crippen LogP contribution in [0, 0.1) is 18.8 Å². The lowest BCUT2D eigenvalue weighted by Gasteiger charge is -2.18. The van der Waals surface area contributed by atoms with Gasteiger partial charge in [0.25, 0.3) is 0 Å². The summed E-state index contributed by atoms with van der Waals surface area (Å²) in [6.45, 7) is 1.80. The van der Waals surface area contributed by atoms with Gasteiger partial charge in [-0.2, -0.15) is 11.8 Å². The van der Waals surface area contributed by atoms with Crippen molar-refractivity contribution in [2.75, 3.05) is 11.5 Å². The Kier molecular flexibility index (Phi) is 9.20. The van der Waals surface area contributed by atoms with Crippen LogP contribution in [0.15, 0.2) is 30.4 Å². The molecule has 4 N–H and O–H groups in total. The van der Waals surface area contributed by atoms with Crippen LogP contribution in [0.3, 0.4) is 0 Å². The Morgan fingerprint density at radius 1 is 1.34 bits per heavy atom. The fourth-order valence-corrected chi connectivity index (χ4v) is 4.61. The fourth-order valence-electron chi connectivity index (χ4n) is 3.64. The van der Waals surface area contributed by atoms with Crippen LogP contribution in [-0.2, 0) is 16.0 Å². The third kappa shape index (κ3) is 7.49. The molecule has 1 aliphatic carbocycles. The van der Waals surface area contributed by atoms with Crippen LogP contribution < -0.4 is 0 Å². The molecule has 0 radical (unpaired) electrons. The maximum absolute atomic E-state index is 12.2. The van der Waals surface area contributed by atoms with Gasteiger partial charge in [0, 0.05) is 31.1 Å². The van der Waals surface area contributed by atoms with E-state index in [2.05, 4.69) is 0 Å². The first kappa shape index (κ1) is 23.4. The summed E-state index contributed by atoms with van der Waals surface area (Å²) in [6.07, 6.45) is 3.84. The number of carboxylic acids is 1. The van der Waals surface area contributed by atoms with E-state index in [1.165, 1.54) is 0 Å². The molecular formula is C22H30O6S. The SMILES string of the molecule is Cc1cc(C[C@H](O)/C=C/C2[C@H](O)CC(=O)[C@@H]2CCSCCCC(=O)O)ccc1O. The highest BCUT2D eigenvalue weighted by atomic mass is 32.2. The van der Waals surface area contributed by atoms with Gasteiger partial charge in [-0.1, -0.05) is 24.3 Å². The summed E-state index contributed by atoms with van der Waals surface area (Å²) in [6, 6.07) is 5.19. The van der Waals surface area contributed by atoms with Gasteiger partial charge >= 0.3 is 5.97 Å². The van der Waals surface area contributed by atoms with Crippen LogP contribution in [0.5, 0.6) is 5.75 Å². The zero-order valence-corrected chi connectivity index (χ0v) is 17.5. The Bertz CT molecular complexity index is 732. The topological polar surface area (TPSA) is 115 Å². The number of hydrogen-bond donors (Lipinski definition) is 4. The van der Waals surface area contributed by atoms with E-state index in [0.29, 0.717) is 19.3 Å². The van der Waals surface area contributed by atoms with Crippen molar-refractivity contribution < 1.29 is 30.0 Å². The molecule has 1 aliphatic rings. The Morgan fingerprint density at radius 3 is 2.79 bits per heavy atom. The van der Waals surface area contributed by atoms with Gasteiger partial charge in [-0.3, -0.25) is 9.59 Å². The smallest absolute Gasteiger partial charge is 0.303 e. The summed E-state index contributed by atoms with van der Waals surface area (Å²) in [7, 11) is 0. The van der Waals surface area contributed by atoms with E-state index in [4.69, 9.17) is 5.11 Å². The number of carbonyl (C=O) groups excluding carboxylic acids is 1. The number of Topliss-reactive ketones (excluding diaryl/α,β-unsaturated/α-hetero) is 1. The summed E-state index contributed by atoms with van der Waals surface area (Å²) in [5.41, 5.74) is 1.64. The number of carboxylic acid groups (broad SMARTS) is 1. The molecule has 1 fully saturated rings. The lowest BCUT2D eigenvalue weighted by atomic mass is 9.91. The average Bonchev–Trinajstić information content (AvgIpc) is 2.92. The molecule has 4 atom stereocenters. The molecule has 1 unspecified atom stereocenters. The molecule has 0 bridgehead atoms. The largest absolute Gasteiger partial charge is 0.508 e. The van der Waals surface area contributed by atoms with Crippen LogP contribution in [0.4, 0.5) is 0 Å². The number of benzene rings is 1. The van der Waals surface area contributed by atoms with Crippen molar-refractivity contribution in [2.45, 2.75) is 51.2 Å². The van der Waals surface area contributed by atoms with E-state index in [1.807, 2.05) is 6.07 Å². The Balaban J connectivity index is 1.85. The summed E-state index contributed by atoms with van der Waals surface area (Å²) in [5.74, 6) is 0.362. The highest BCUT2D eigenvalue weighted by molar-refractivity contribution is 7.99. The molecule has 7 heteroatoms. The molecule has 0 spiro atoms. The summed E-state index contributed by atoms with van der Waals surface area (Å²) in [4.78, 5) is 22.8. The molecule has 160 valence electrons. The van der Waals surface area contributed by atoms with Crippen LogP contribution in [0.2, 0.25) is 0 Å². The zero-order chi connectivity index (χ0) is 21.4. The monoisotopic (exact) mass is 422 g/mol. The van der Waals surface area contributed by atoms with Gasteiger partial charge in [-0.05, 0) is 48.5 Å². The molecule has 0 aromatic heterocycles. The number of aliphatic hydroxyl groups excluding tert-OH is 2. The van der Waals surface area contributed by atoms with Crippen molar-refractivity contribution in [3.05, 3.63) is 41.5 Å². The molecule has 0 saturated heterocycles. The first-order valence-corrected chi connectivity index (χ1v) is 11.1. The third-order valence-electron chi connectivity index (χ3n) is 5.25. The van der Waals surface area contributed by atoms with Crippen molar-refractivity contribution in [1.82, 2.24) is 0 Å². The number of aliphatic carboxylic acids is 1. The highest BCUT2D eigenvalue weighted by Gasteiger charge is 2.39. The highest BCUT2D eigenvalue weighted by Crippen LogP contribution is 2.34. The van der Waals surface area contributed by atoms with Gasteiger partial charge in [-0.15, -0.1) is 0 Å². The minimum atomic E-state index is -0.800. The predicted molar refractivity (Wildman–Crippen MR) is 113 cm³/mol. The molecule has 29 heavy (non-hydrogen) atoms. The minimum absolute atomic E-state index is 0.0435. The Labute approximate surface area is 175 Å². The minimum Gasteiger partial charge on any atom is -0.508 e. The number of hydrogen-bond acceptors (Lipinski definition) is 6. The standard InChI is InChI=1S/C22H30O6S/c1-14-11-15(4-7-19(14)24)12-16(23)5-6-17-18(21(26)13-20(17)25)8-10-29-9-2-3-22(27)28/h4-7,11,16-18,20,23-25H,2-3,8-10,12-13H2,1H3,(H,27,28)/b6-5+/t16-,17?,18-,20-/m1/s1. The number of phenols is 1. The van der Waals surface area contributed by atoms with Crippen LogP contribution in [-0.4, -0.2) is 55.9 Å². The molecule has 1 aromatic rings.